The molecule has 1 aromatic heterocycles. The first kappa shape index (κ1) is 15.7. The Morgan fingerprint density at radius 2 is 2.17 bits per heavy atom. The number of benzene rings is 1. The first-order valence-corrected chi connectivity index (χ1v) is 8.32. The maximum atomic E-state index is 12.6. The zero-order chi connectivity index (χ0) is 16.4. The lowest BCUT2D eigenvalue weighted by Gasteiger charge is -2.22. The van der Waals surface area contributed by atoms with Gasteiger partial charge in [-0.25, -0.2) is 4.98 Å². The van der Waals surface area contributed by atoms with Crippen molar-refractivity contribution >= 4 is 16.8 Å². The summed E-state index contributed by atoms with van der Waals surface area (Å²) < 4.78 is 1.43. The third-order valence-corrected chi connectivity index (χ3v) is 4.38. The van der Waals surface area contributed by atoms with Crippen molar-refractivity contribution in [2.24, 2.45) is 5.92 Å². The number of hydrogen-bond donors (Lipinski definition) is 0. The molecule has 5 heteroatoms. The van der Waals surface area contributed by atoms with E-state index in [2.05, 4.69) is 11.9 Å². The molecular weight excluding hydrogens is 290 g/mol. The normalized spacial score (nSPS) is 14.2. The molecule has 0 N–H and O–H groups in total. The van der Waals surface area contributed by atoms with E-state index in [0.717, 1.165) is 25.1 Å². The van der Waals surface area contributed by atoms with Crippen LogP contribution in [-0.4, -0.2) is 33.4 Å². The largest absolute Gasteiger partial charge is 0.341 e. The summed E-state index contributed by atoms with van der Waals surface area (Å²) in [6.07, 6.45) is 4.85. The Balaban J connectivity index is 1.83. The van der Waals surface area contributed by atoms with E-state index in [1.807, 2.05) is 24.0 Å². The van der Waals surface area contributed by atoms with Gasteiger partial charge < -0.3 is 4.90 Å². The van der Waals surface area contributed by atoms with Gasteiger partial charge in [-0.2, -0.15) is 0 Å². The Kier molecular flexibility index (Phi) is 4.46. The highest BCUT2D eigenvalue weighted by molar-refractivity contribution is 5.81. The first-order valence-electron chi connectivity index (χ1n) is 8.32. The Hall–Kier alpha value is -2.17. The van der Waals surface area contributed by atoms with E-state index in [1.54, 1.807) is 6.07 Å². The summed E-state index contributed by atoms with van der Waals surface area (Å²) in [4.78, 5) is 31.4. The van der Waals surface area contributed by atoms with Gasteiger partial charge in [-0.05, 0) is 43.7 Å². The summed E-state index contributed by atoms with van der Waals surface area (Å²) in [5.74, 6) is 0.661. The summed E-state index contributed by atoms with van der Waals surface area (Å²) in [6.45, 7) is 5.65. The van der Waals surface area contributed by atoms with E-state index in [4.69, 9.17) is 0 Å². The van der Waals surface area contributed by atoms with Gasteiger partial charge in [-0.1, -0.05) is 19.1 Å². The summed E-state index contributed by atoms with van der Waals surface area (Å²) >= 11 is 0. The van der Waals surface area contributed by atoms with Crippen molar-refractivity contribution in [3.8, 4) is 0 Å². The van der Waals surface area contributed by atoms with Crippen LogP contribution >= 0.6 is 0 Å². The number of carbonyl (C=O) groups excluding carboxylic acids is 1. The third kappa shape index (κ3) is 3.44. The summed E-state index contributed by atoms with van der Waals surface area (Å²) in [5, 5.41) is 0.574. The molecular formula is C18H23N3O2. The van der Waals surface area contributed by atoms with Crippen molar-refractivity contribution < 1.29 is 4.79 Å². The van der Waals surface area contributed by atoms with Crippen LogP contribution in [0.1, 0.15) is 31.7 Å². The molecule has 0 spiro atoms. The standard InChI is InChI=1S/C18H23N3O2/c1-3-9-20(10-14-7-8-14)16(22)11-21-12-19-17-13(2)5-4-6-15(17)18(21)23/h4-6,12,14H,3,7-11H2,1-2H3. The first-order chi connectivity index (χ1) is 11.1. The number of carbonyl (C=O) groups is 1. The molecule has 1 aromatic carbocycles. The van der Waals surface area contributed by atoms with E-state index >= 15 is 0 Å². The van der Waals surface area contributed by atoms with Crippen molar-refractivity contribution in [2.75, 3.05) is 13.1 Å². The van der Waals surface area contributed by atoms with Gasteiger partial charge in [0.2, 0.25) is 5.91 Å². The number of nitrogens with zero attached hydrogens (tertiary/aromatic N) is 3. The fourth-order valence-corrected chi connectivity index (χ4v) is 2.90. The molecule has 2 aromatic rings. The minimum Gasteiger partial charge on any atom is -0.341 e. The molecule has 1 amide bonds. The van der Waals surface area contributed by atoms with Crippen LogP contribution < -0.4 is 5.56 Å². The minimum absolute atomic E-state index is 0.00894. The molecule has 5 nitrogen and oxygen atoms in total. The van der Waals surface area contributed by atoms with E-state index in [9.17, 15) is 9.59 Å². The molecule has 1 heterocycles. The molecule has 1 fully saturated rings. The SMILES string of the molecule is CCCN(CC1CC1)C(=O)Cn1cnc2c(C)cccc2c1=O. The van der Waals surface area contributed by atoms with E-state index in [1.165, 1.54) is 23.7 Å². The lowest BCUT2D eigenvalue weighted by atomic mass is 10.1. The maximum Gasteiger partial charge on any atom is 0.261 e. The molecule has 0 saturated heterocycles. The average Bonchev–Trinajstić information content (AvgIpc) is 3.34. The van der Waals surface area contributed by atoms with Gasteiger partial charge in [0, 0.05) is 13.1 Å². The molecule has 1 aliphatic rings. The highest BCUT2D eigenvalue weighted by Crippen LogP contribution is 2.29. The van der Waals surface area contributed by atoms with Crippen molar-refractivity contribution in [3.05, 3.63) is 40.4 Å². The molecule has 3 rings (SSSR count). The van der Waals surface area contributed by atoms with Crippen molar-refractivity contribution in [2.45, 2.75) is 39.7 Å². The Morgan fingerprint density at radius 1 is 1.39 bits per heavy atom. The van der Waals surface area contributed by atoms with Crippen LogP contribution in [0, 0.1) is 12.8 Å². The third-order valence-electron chi connectivity index (χ3n) is 4.38. The van der Waals surface area contributed by atoms with Crippen molar-refractivity contribution in [3.63, 3.8) is 0 Å². The zero-order valence-corrected chi connectivity index (χ0v) is 13.8. The molecule has 0 aliphatic heterocycles. The van der Waals surface area contributed by atoms with Crippen LogP contribution in [0.2, 0.25) is 0 Å². The monoisotopic (exact) mass is 313 g/mol. The Bertz CT molecular complexity index is 777. The van der Waals surface area contributed by atoms with Gasteiger partial charge in [-0.3, -0.25) is 14.2 Å². The van der Waals surface area contributed by atoms with Crippen molar-refractivity contribution in [1.29, 1.82) is 0 Å². The Morgan fingerprint density at radius 3 is 2.87 bits per heavy atom. The summed E-state index contributed by atoms with van der Waals surface area (Å²) in [6, 6.07) is 5.55. The number of fused-ring (bicyclic) bond motifs is 1. The molecule has 0 radical (unpaired) electrons. The van der Waals surface area contributed by atoms with Gasteiger partial charge in [0.1, 0.15) is 6.54 Å². The second-order valence-electron chi connectivity index (χ2n) is 6.43. The highest BCUT2D eigenvalue weighted by Gasteiger charge is 2.26. The predicted molar refractivity (Wildman–Crippen MR) is 90.3 cm³/mol. The van der Waals surface area contributed by atoms with Gasteiger partial charge in [-0.15, -0.1) is 0 Å². The summed E-state index contributed by atoms with van der Waals surface area (Å²) in [5.41, 5.74) is 1.54. The molecule has 1 saturated carbocycles. The van der Waals surface area contributed by atoms with Crippen LogP contribution in [0.3, 0.4) is 0 Å². The molecule has 0 unspecified atom stereocenters. The molecule has 1 aliphatic carbocycles. The highest BCUT2D eigenvalue weighted by atomic mass is 16.2. The van der Waals surface area contributed by atoms with Crippen LogP contribution in [-0.2, 0) is 11.3 Å². The quantitative estimate of drug-likeness (QED) is 0.822. The topological polar surface area (TPSA) is 55.2 Å². The number of hydrogen-bond acceptors (Lipinski definition) is 3. The fraction of sp³-hybridized carbons (Fsp3) is 0.500. The molecule has 0 bridgehead atoms. The van der Waals surface area contributed by atoms with E-state index < -0.39 is 0 Å². The molecule has 23 heavy (non-hydrogen) atoms. The number of amides is 1. The van der Waals surface area contributed by atoms with Crippen molar-refractivity contribution in [1.82, 2.24) is 14.5 Å². The average molecular weight is 313 g/mol. The fourth-order valence-electron chi connectivity index (χ4n) is 2.90. The van der Waals surface area contributed by atoms with Gasteiger partial charge in [0.25, 0.3) is 5.56 Å². The molecule has 122 valence electrons. The lowest BCUT2D eigenvalue weighted by Crippen LogP contribution is -2.38. The second-order valence-corrected chi connectivity index (χ2v) is 6.43. The smallest absolute Gasteiger partial charge is 0.261 e. The van der Waals surface area contributed by atoms with Gasteiger partial charge in [0.05, 0.1) is 17.2 Å². The van der Waals surface area contributed by atoms with Crippen LogP contribution in [0.25, 0.3) is 10.9 Å². The minimum atomic E-state index is -0.144. The lowest BCUT2D eigenvalue weighted by molar-refractivity contribution is -0.132. The maximum absolute atomic E-state index is 12.6. The van der Waals surface area contributed by atoms with E-state index in [0.29, 0.717) is 16.8 Å². The molecule has 0 atom stereocenters. The van der Waals surface area contributed by atoms with Gasteiger partial charge >= 0.3 is 0 Å². The summed E-state index contributed by atoms with van der Waals surface area (Å²) in [7, 11) is 0. The van der Waals surface area contributed by atoms with Crippen LogP contribution in [0.4, 0.5) is 0 Å². The Labute approximate surface area is 135 Å². The number of aromatic nitrogens is 2. The number of rotatable bonds is 6. The van der Waals surface area contributed by atoms with Gasteiger partial charge in [0.15, 0.2) is 0 Å². The second kappa shape index (κ2) is 6.52. The number of aryl methyl sites for hydroxylation is 1. The van der Waals surface area contributed by atoms with Crippen LogP contribution in [0.5, 0.6) is 0 Å². The number of para-hydroxylation sites is 1. The zero-order valence-electron chi connectivity index (χ0n) is 13.8. The predicted octanol–water partition coefficient (Wildman–Crippen LogP) is 2.35. The van der Waals surface area contributed by atoms with Crippen LogP contribution in [0.15, 0.2) is 29.3 Å². The van der Waals surface area contributed by atoms with E-state index in [-0.39, 0.29) is 18.0 Å².